The molecule has 0 heterocycles. The number of benzene rings is 1. The second-order valence-electron chi connectivity index (χ2n) is 3.42. The number of esters is 1. The highest BCUT2D eigenvalue weighted by molar-refractivity contribution is 5.74. The first-order chi connectivity index (χ1) is 8.51. The van der Waals surface area contributed by atoms with Gasteiger partial charge in [0.05, 0.1) is 24.7 Å². The molecule has 0 radical (unpaired) electrons. The first-order valence-corrected chi connectivity index (χ1v) is 5.19. The Balaban J connectivity index is 3.24. The minimum atomic E-state index is -2.95. The zero-order valence-electron chi connectivity index (χ0n) is 9.61. The van der Waals surface area contributed by atoms with Crippen LogP contribution in [0.3, 0.4) is 0 Å². The summed E-state index contributed by atoms with van der Waals surface area (Å²) in [6.07, 6.45) is -3.44. The lowest BCUT2D eigenvalue weighted by Crippen LogP contribution is -2.10. The molecule has 0 fully saturated rings. The topological polar surface area (TPSA) is 70.3 Å². The number of phenolic OH excluding ortho intramolecular Hbond substituents is 1. The number of nitriles is 1. The van der Waals surface area contributed by atoms with Gasteiger partial charge in [0.25, 0.3) is 6.43 Å². The van der Waals surface area contributed by atoms with Gasteiger partial charge >= 0.3 is 5.97 Å². The second kappa shape index (κ2) is 5.96. The van der Waals surface area contributed by atoms with E-state index in [0.717, 1.165) is 12.1 Å². The minimum absolute atomic E-state index is 0.113. The molecule has 0 unspecified atom stereocenters. The highest BCUT2D eigenvalue weighted by Crippen LogP contribution is 2.32. The van der Waals surface area contributed by atoms with Crippen molar-refractivity contribution in [3.63, 3.8) is 0 Å². The normalized spacial score (nSPS) is 10.2. The molecule has 0 aliphatic rings. The quantitative estimate of drug-likeness (QED) is 0.838. The Morgan fingerprint density at radius 1 is 1.56 bits per heavy atom. The van der Waals surface area contributed by atoms with Crippen LogP contribution in [0.15, 0.2) is 12.1 Å². The number of carbonyl (C=O) groups excluding carboxylic acids is 1. The Kier molecular flexibility index (Phi) is 4.60. The Morgan fingerprint density at radius 2 is 2.22 bits per heavy atom. The third-order valence-electron chi connectivity index (χ3n) is 2.30. The minimum Gasteiger partial charge on any atom is -0.508 e. The van der Waals surface area contributed by atoms with Crippen LogP contribution in [0.25, 0.3) is 0 Å². The Labute approximate surface area is 102 Å². The fourth-order valence-corrected chi connectivity index (χ4v) is 1.54. The van der Waals surface area contributed by atoms with E-state index >= 15 is 0 Å². The maximum atomic E-state index is 12.9. The summed E-state index contributed by atoms with van der Waals surface area (Å²) in [5.41, 5.74) is -1.14. The van der Waals surface area contributed by atoms with Gasteiger partial charge in [0.1, 0.15) is 5.75 Å². The van der Waals surface area contributed by atoms with Crippen LogP contribution in [-0.2, 0) is 16.0 Å². The molecule has 0 spiro atoms. The predicted octanol–water partition coefficient (Wildman–Crippen LogP) is 2.31. The van der Waals surface area contributed by atoms with Crippen molar-refractivity contribution < 1.29 is 23.4 Å². The van der Waals surface area contributed by atoms with Crippen LogP contribution < -0.4 is 0 Å². The van der Waals surface area contributed by atoms with Crippen molar-refractivity contribution in [3.05, 3.63) is 28.8 Å². The van der Waals surface area contributed by atoms with Crippen LogP contribution in [0, 0.1) is 11.3 Å². The fourth-order valence-electron chi connectivity index (χ4n) is 1.54. The maximum Gasteiger partial charge on any atom is 0.310 e. The van der Waals surface area contributed by atoms with E-state index in [2.05, 4.69) is 4.74 Å². The molecule has 1 aromatic carbocycles. The first kappa shape index (κ1) is 13.9. The molecule has 0 aliphatic carbocycles. The van der Waals surface area contributed by atoms with Gasteiger partial charge in [-0.25, -0.2) is 8.78 Å². The third-order valence-corrected chi connectivity index (χ3v) is 2.30. The molecule has 0 bridgehead atoms. The molecular weight excluding hydrogens is 244 g/mol. The van der Waals surface area contributed by atoms with E-state index in [1.807, 2.05) is 0 Å². The summed E-state index contributed by atoms with van der Waals surface area (Å²) in [5, 5.41) is 18.3. The van der Waals surface area contributed by atoms with Crippen LogP contribution in [-0.4, -0.2) is 17.7 Å². The molecule has 0 saturated carbocycles. The van der Waals surface area contributed by atoms with Crippen LogP contribution >= 0.6 is 0 Å². The number of phenols is 1. The Bertz CT molecular complexity index is 495. The van der Waals surface area contributed by atoms with E-state index < -0.39 is 30.1 Å². The van der Waals surface area contributed by atoms with E-state index in [9.17, 15) is 18.7 Å². The molecule has 0 amide bonds. The van der Waals surface area contributed by atoms with Crippen LogP contribution in [0.5, 0.6) is 5.75 Å². The summed E-state index contributed by atoms with van der Waals surface area (Å²) >= 11 is 0. The molecule has 96 valence electrons. The molecular formula is C12H11F2NO3. The standard InChI is InChI=1S/C12H11F2NO3/c1-2-18-10(17)5-8-9(16)4-3-7(6-15)11(8)12(13)14/h3-4,12,16H,2,5H2,1H3. The third kappa shape index (κ3) is 2.94. The molecule has 1 rings (SSSR count). The van der Waals surface area contributed by atoms with E-state index in [0.29, 0.717) is 0 Å². The lowest BCUT2D eigenvalue weighted by atomic mass is 9.98. The second-order valence-corrected chi connectivity index (χ2v) is 3.42. The smallest absolute Gasteiger partial charge is 0.310 e. The van der Waals surface area contributed by atoms with Gasteiger partial charge in [-0.3, -0.25) is 4.79 Å². The zero-order chi connectivity index (χ0) is 13.7. The number of carbonyl (C=O) groups is 1. The number of alkyl halides is 2. The van der Waals surface area contributed by atoms with E-state index in [-0.39, 0.29) is 17.7 Å². The monoisotopic (exact) mass is 255 g/mol. The van der Waals surface area contributed by atoms with Gasteiger partial charge < -0.3 is 9.84 Å². The number of halogens is 2. The van der Waals surface area contributed by atoms with Crippen molar-refractivity contribution >= 4 is 5.97 Å². The molecule has 18 heavy (non-hydrogen) atoms. The van der Waals surface area contributed by atoms with Crippen LogP contribution in [0.2, 0.25) is 0 Å². The van der Waals surface area contributed by atoms with Crippen molar-refractivity contribution in [2.24, 2.45) is 0 Å². The lowest BCUT2D eigenvalue weighted by molar-refractivity contribution is -0.142. The first-order valence-electron chi connectivity index (χ1n) is 5.19. The highest BCUT2D eigenvalue weighted by atomic mass is 19.3. The van der Waals surface area contributed by atoms with Gasteiger partial charge in [0.2, 0.25) is 0 Å². The average Bonchev–Trinajstić information content (AvgIpc) is 2.31. The highest BCUT2D eigenvalue weighted by Gasteiger charge is 2.23. The molecule has 0 atom stereocenters. The van der Waals surface area contributed by atoms with Crippen molar-refractivity contribution in [2.45, 2.75) is 19.8 Å². The molecule has 0 aliphatic heterocycles. The summed E-state index contributed by atoms with van der Waals surface area (Å²) in [4.78, 5) is 11.3. The summed E-state index contributed by atoms with van der Waals surface area (Å²) < 4.78 is 30.4. The van der Waals surface area contributed by atoms with Gasteiger partial charge in [-0.15, -0.1) is 0 Å². The Morgan fingerprint density at radius 3 is 2.72 bits per heavy atom. The maximum absolute atomic E-state index is 12.9. The van der Waals surface area contributed by atoms with Crippen molar-refractivity contribution in [3.8, 4) is 11.8 Å². The van der Waals surface area contributed by atoms with Crippen LogP contribution in [0.4, 0.5) is 8.78 Å². The summed E-state index contributed by atoms with van der Waals surface area (Å²) in [6.45, 7) is 1.69. The zero-order valence-corrected chi connectivity index (χ0v) is 9.61. The largest absolute Gasteiger partial charge is 0.508 e. The molecule has 1 N–H and O–H groups in total. The van der Waals surface area contributed by atoms with Crippen molar-refractivity contribution in [1.29, 1.82) is 5.26 Å². The molecule has 4 nitrogen and oxygen atoms in total. The summed E-state index contributed by atoms with van der Waals surface area (Å²) in [7, 11) is 0. The SMILES string of the molecule is CCOC(=O)Cc1c(O)ccc(C#N)c1C(F)F. The molecule has 0 aromatic heterocycles. The number of hydrogen-bond acceptors (Lipinski definition) is 4. The summed E-state index contributed by atoms with van der Waals surface area (Å²) in [5.74, 6) is -1.18. The van der Waals surface area contributed by atoms with Gasteiger partial charge in [-0.1, -0.05) is 0 Å². The molecule has 0 saturated heterocycles. The number of aromatic hydroxyl groups is 1. The van der Waals surface area contributed by atoms with Gasteiger partial charge in [0.15, 0.2) is 0 Å². The van der Waals surface area contributed by atoms with E-state index in [1.54, 1.807) is 13.0 Å². The van der Waals surface area contributed by atoms with Gasteiger partial charge in [0, 0.05) is 11.1 Å². The number of rotatable bonds is 4. The van der Waals surface area contributed by atoms with E-state index in [4.69, 9.17) is 5.26 Å². The molecule has 1 aromatic rings. The van der Waals surface area contributed by atoms with Crippen molar-refractivity contribution in [1.82, 2.24) is 0 Å². The number of hydrogen-bond donors (Lipinski definition) is 1. The number of ether oxygens (including phenoxy) is 1. The number of nitrogens with zero attached hydrogens (tertiary/aromatic N) is 1. The van der Waals surface area contributed by atoms with Gasteiger partial charge in [-0.05, 0) is 19.1 Å². The van der Waals surface area contributed by atoms with Gasteiger partial charge in [-0.2, -0.15) is 5.26 Å². The fraction of sp³-hybridized carbons (Fsp3) is 0.333. The van der Waals surface area contributed by atoms with E-state index in [1.165, 1.54) is 0 Å². The summed E-state index contributed by atoms with van der Waals surface area (Å²) in [6, 6.07) is 3.81. The predicted molar refractivity (Wildman–Crippen MR) is 58.1 cm³/mol. The van der Waals surface area contributed by atoms with Crippen molar-refractivity contribution in [2.75, 3.05) is 6.61 Å². The van der Waals surface area contributed by atoms with Crippen LogP contribution in [0.1, 0.15) is 30.0 Å². The lowest BCUT2D eigenvalue weighted by Gasteiger charge is -2.12. The molecule has 6 heteroatoms. The Hall–Kier alpha value is -2.16. The average molecular weight is 255 g/mol.